The molecular weight excluding hydrogens is 347 g/mol. The predicted molar refractivity (Wildman–Crippen MR) is 81.7 cm³/mol. The van der Waals surface area contributed by atoms with Crippen molar-refractivity contribution < 1.29 is 22.7 Å². The quantitative estimate of drug-likeness (QED) is 0.889. The zero-order valence-electron chi connectivity index (χ0n) is 12.9. The van der Waals surface area contributed by atoms with Crippen molar-refractivity contribution in [2.45, 2.75) is 12.2 Å². The van der Waals surface area contributed by atoms with Crippen LogP contribution in [0.25, 0.3) is 0 Å². The second-order valence-electron chi connectivity index (χ2n) is 5.05. The van der Waals surface area contributed by atoms with Crippen molar-refractivity contribution in [2.75, 3.05) is 13.7 Å². The van der Waals surface area contributed by atoms with Crippen LogP contribution in [-0.4, -0.2) is 29.4 Å². The molecule has 1 N–H and O–H groups in total. The molecule has 0 spiro atoms. The number of hydrogen-bond acceptors (Lipinski definition) is 3. The monoisotopic (exact) mass is 361 g/mol. The molecule has 1 heterocycles. The number of alkyl halides is 3. The number of rotatable bonds is 5. The summed E-state index contributed by atoms with van der Waals surface area (Å²) in [5, 5.41) is 6.55. The molecule has 0 bridgehead atoms. The van der Waals surface area contributed by atoms with Gasteiger partial charge in [0.05, 0.1) is 34.5 Å². The highest BCUT2D eigenvalue weighted by Crippen LogP contribution is 2.32. The van der Waals surface area contributed by atoms with Gasteiger partial charge in [-0.1, -0.05) is 11.6 Å². The number of methoxy groups -OCH3 is 1. The smallest absolute Gasteiger partial charge is 0.382 e. The number of benzene rings is 1. The number of nitrogens with zero attached hydrogens (tertiary/aromatic N) is 2. The van der Waals surface area contributed by atoms with Crippen molar-refractivity contribution in [2.24, 2.45) is 7.05 Å². The summed E-state index contributed by atoms with van der Waals surface area (Å²) >= 11 is 5.88. The molecule has 0 aliphatic carbocycles. The van der Waals surface area contributed by atoms with Crippen molar-refractivity contribution in [3.05, 3.63) is 52.3 Å². The molecule has 0 radical (unpaired) electrons. The molecule has 1 amide bonds. The highest BCUT2D eigenvalue weighted by Gasteiger charge is 2.32. The SMILES string of the molecule is COC[C@@H](NC(=O)c1cc(C(F)(F)F)ccc1Cl)c1ccnn1C. The molecule has 130 valence electrons. The van der Waals surface area contributed by atoms with E-state index in [0.29, 0.717) is 5.69 Å². The lowest BCUT2D eigenvalue weighted by Crippen LogP contribution is -2.33. The average molecular weight is 362 g/mol. The number of carbonyl (C=O) groups is 1. The summed E-state index contributed by atoms with van der Waals surface area (Å²) < 4.78 is 45.0. The minimum atomic E-state index is -4.56. The van der Waals surface area contributed by atoms with Gasteiger partial charge in [-0.05, 0) is 24.3 Å². The Hall–Kier alpha value is -2.06. The third kappa shape index (κ3) is 4.07. The molecule has 1 atom stereocenters. The zero-order valence-corrected chi connectivity index (χ0v) is 13.6. The Labute approximate surface area is 141 Å². The minimum Gasteiger partial charge on any atom is -0.382 e. The topological polar surface area (TPSA) is 56.1 Å². The van der Waals surface area contributed by atoms with Crippen LogP contribution in [0.15, 0.2) is 30.5 Å². The van der Waals surface area contributed by atoms with E-state index in [9.17, 15) is 18.0 Å². The molecule has 1 aromatic heterocycles. The Bertz CT molecular complexity index is 731. The molecule has 1 aromatic carbocycles. The van der Waals surface area contributed by atoms with Crippen LogP contribution in [0.1, 0.15) is 27.7 Å². The van der Waals surface area contributed by atoms with Crippen LogP contribution in [-0.2, 0) is 18.0 Å². The predicted octanol–water partition coefficient (Wildman–Crippen LogP) is 3.21. The first-order valence-electron chi connectivity index (χ1n) is 6.88. The molecular formula is C15H15ClF3N3O2. The highest BCUT2D eigenvalue weighted by molar-refractivity contribution is 6.33. The lowest BCUT2D eigenvalue weighted by Gasteiger charge is -2.19. The van der Waals surface area contributed by atoms with Gasteiger partial charge in [-0.3, -0.25) is 9.48 Å². The first-order chi connectivity index (χ1) is 11.2. The maximum absolute atomic E-state index is 12.8. The summed E-state index contributed by atoms with van der Waals surface area (Å²) in [5.41, 5.74) is -0.552. The highest BCUT2D eigenvalue weighted by atomic mass is 35.5. The van der Waals surface area contributed by atoms with Crippen molar-refractivity contribution in [3.8, 4) is 0 Å². The molecule has 0 aliphatic heterocycles. The molecule has 5 nitrogen and oxygen atoms in total. The Morgan fingerprint density at radius 1 is 1.42 bits per heavy atom. The van der Waals surface area contributed by atoms with E-state index in [0.717, 1.165) is 18.2 Å². The third-order valence-corrected chi connectivity index (χ3v) is 3.72. The Morgan fingerprint density at radius 3 is 2.67 bits per heavy atom. The van der Waals surface area contributed by atoms with Gasteiger partial charge in [-0.15, -0.1) is 0 Å². The summed E-state index contributed by atoms with van der Waals surface area (Å²) in [6, 6.07) is 3.70. The maximum Gasteiger partial charge on any atom is 0.416 e. The first kappa shape index (κ1) is 18.3. The van der Waals surface area contributed by atoms with Gasteiger partial charge in [0.15, 0.2) is 0 Å². The number of ether oxygens (including phenoxy) is 1. The Balaban J connectivity index is 2.29. The van der Waals surface area contributed by atoms with Crippen LogP contribution in [0.2, 0.25) is 5.02 Å². The van der Waals surface area contributed by atoms with E-state index in [4.69, 9.17) is 16.3 Å². The van der Waals surface area contributed by atoms with E-state index in [1.54, 1.807) is 19.3 Å². The van der Waals surface area contributed by atoms with Crippen molar-refractivity contribution >= 4 is 17.5 Å². The van der Waals surface area contributed by atoms with Gasteiger partial charge in [0.1, 0.15) is 0 Å². The van der Waals surface area contributed by atoms with Gasteiger partial charge in [0.25, 0.3) is 5.91 Å². The fourth-order valence-electron chi connectivity index (χ4n) is 2.21. The van der Waals surface area contributed by atoms with Crippen LogP contribution >= 0.6 is 11.6 Å². The van der Waals surface area contributed by atoms with Crippen molar-refractivity contribution in [1.29, 1.82) is 0 Å². The van der Waals surface area contributed by atoms with E-state index >= 15 is 0 Å². The third-order valence-electron chi connectivity index (χ3n) is 3.39. The van der Waals surface area contributed by atoms with E-state index in [-0.39, 0.29) is 17.2 Å². The molecule has 24 heavy (non-hydrogen) atoms. The van der Waals surface area contributed by atoms with E-state index in [2.05, 4.69) is 10.4 Å². The van der Waals surface area contributed by atoms with Gasteiger partial charge in [0, 0.05) is 20.4 Å². The van der Waals surface area contributed by atoms with Gasteiger partial charge in [0.2, 0.25) is 0 Å². The summed E-state index contributed by atoms with van der Waals surface area (Å²) in [7, 11) is 3.13. The fourth-order valence-corrected chi connectivity index (χ4v) is 2.41. The van der Waals surface area contributed by atoms with E-state index < -0.39 is 23.7 Å². The maximum atomic E-state index is 12.8. The van der Waals surface area contributed by atoms with Crippen LogP contribution in [0.4, 0.5) is 13.2 Å². The van der Waals surface area contributed by atoms with Crippen molar-refractivity contribution in [3.63, 3.8) is 0 Å². The van der Waals surface area contributed by atoms with Gasteiger partial charge < -0.3 is 10.1 Å². The Morgan fingerprint density at radius 2 is 2.12 bits per heavy atom. The molecule has 0 unspecified atom stereocenters. The number of amides is 1. The lowest BCUT2D eigenvalue weighted by atomic mass is 10.1. The van der Waals surface area contributed by atoms with Crippen LogP contribution < -0.4 is 5.32 Å². The number of hydrogen-bond donors (Lipinski definition) is 1. The standard InChI is InChI=1S/C15H15ClF3N3O2/c1-22-13(5-6-20-22)12(8-24-2)21-14(23)10-7-9(15(17,18)19)3-4-11(10)16/h3-7,12H,8H2,1-2H3,(H,21,23)/t12-/m1/s1. The molecule has 0 aliphatic rings. The number of halogens is 4. The molecule has 2 aromatic rings. The summed E-state index contributed by atoms with van der Waals surface area (Å²) in [4.78, 5) is 12.4. The van der Waals surface area contributed by atoms with E-state index in [1.807, 2.05) is 0 Å². The lowest BCUT2D eigenvalue weighted by molar-refractivity contribution is -0.137. The summed E-state index contributed by atoms with van der Waals surface area (Å²) in [6.45, 7) is 0.127. The number of aromatic nitrogens is 2. The van der Waals surface area contributed by atoms with Gasteiger partial charge in [-0.2, -0.15) is 18.3 Å². The van der Waals surface area contributed by atoms with Crippen LogP contribution in [0.5, 0.6) is 0 Å². The summed E-state index contributed by atoms with van der Waals surface area (Å²) in [5.74, 6) is -0.727. The van der Waals surface area contributed by atoms with Gasteiger partial charge in [-0.25, -0.2) is 0 Å². The Kier molecular flexibility index (Phi) is 5.51. The number of aryl methyl sites for hydroxylation is 1. The molecule has 0 fully saturated rings. The second-order valence-corrected chi connectivity index (χ2v) is 5.46. The fraction of sp³-hybridized carbons (Fsp3) is 0.333. The molecule has 9 heteroatoms. The second kappa shape index (κ2) is 7.23. The molecule has 0 saturated heterocycles. The average Bonchev–Trinajstić information content (AvgIpc) is 2.92. The molecule has 0 saturated carbocycles. The largest absolute Gasteiger partial charge is 0.416 e. The molecule has 2 rings (SSSR count). The van der Waals surface area contributed by atoms with E-state index in [1.165, 1.54) is 11.8 Å². The summed E-state index contributed by atoms with van der Waals surface area (Å²) in [6.07, 6.45) is -3.02. The van der Waals surface area contributed by atoms with Gasteiger partial charge >= 0.3 is 6.18 Å². The zero-order chi connectivity index (χ0) is 17.9. The minimum absolute atomic E-state index is 0.0679. The van der Waals surface area contributed by atoms with Crippen molar-refractivity contribution in [1.82, 2.24) is 15.1 Å². The number of carbonyl (C=O) groups excluding carboxylic acids is 1. The van der Waals surface area contributed by atoms with Crippen LogP contribution in [0.3, 0.4) is 0 Å². The van der Waals surface area contributed by atoms with Crippen LogP contribution in [0, 0.1) is 0 Å². The normalized spacial score (nSPS) is 12.9. The first-order valence-corrected chi connectivity index (χ1v) is 7.26. The number of nitrogens with one attached hydrogen (secondary N) is 1.